The molecule has 0 atom stereocenters. The smallest absolute Gasteiger partial charge is 0.399 e. The summed E-state index contributed by atoms with van der Waals surface area (Å²) in [5.74, 6) is 0. The zero-order chi connectivity index (χ0) is 82.0. The first-order chi connectivity index (χ1) is 58.6. The van der Waals surface area contributed by atoms with Crippen LogP contribution in [0.4, 0.5) is 11.4 Å². The predicted molar refractivity (Wildman–Crippen MR) is 515 cm³/mol. The zero-order valence-corrected chi connectivity index (χ0v) is 70.8. The van der Waals surface area contributed by atoms with Gasteiger partial charge in [-0.05, 0) is 262 Å². The first-order valence-corrected chi connectivity index (χ1v) is 42.0. The Hall–Kier alpha value is -13.2. The van der Waals surface area contributed by atoms with Crippen molar-refractivity contribution in [2.75, 3.05) is 11.5 Å². The number of nitrogen functional groups attached to an aromatic ring is 2. The van der Waals surface area contributed by atoms with E-state index in [1.165, 1.54) is 113 Å². The van der Waals surface area contributed by atoms with Crippen LogP contribution in [-0.4, -0.2) is 53.2 Å². The third kappa shape index (κ3) is 15.7. The highest BCUT2D eigenvalue weighted by molar-refractivity contribution is 9.11. The average Bonchev–Trinajstić information content (AvgIpc) is 1.25. The molecule has 0 radical (unpaired) electrons. The minimum atomic E-state index is -0.434. The molecule has 0 unspecified atom stereocenters. The summed E-state index contributed by atoms with van der Waals surface area (Å²) < 4.78 is 15.6. The average molecular weight is 1750 g/mol. The monoisotopic (exact) mass is 1740 g/mol. The number of nitrogens with zero attached hydrogens (tertiary/aromatic N) is 7. The molecule has 0 amide bonds. The van der Waals surface area contributed by atoms with E-state index in [0.29, 0.717) is 0 Å². The van der Waals surface area contributed by atoms with Crippen LogP contribution in [-0.2, 0) is 9.31 Å². The van der Waals surface area contributed by atoms with Crippen LogP contribution in [0, 0.1) is 0 Å². The maximum absolute atomic E-state index is 6.36. The highest BCUT2D eigenvalue weighted by Gasteiger charge is 2.52. The predicted octanol–water partition coefficient (Wildman–Crippen LogP) is 27.6. The molecule has 120 heavy (non-hydrogen) atoms. The van der Waals surface area contributed by atoms with Crippen molar-refractivity contribution < 1.29 is 9.31 Å². The molecule has 15 heteroatoms. The van der Waals surface area contributed by atoms with Crippen LogP contribution in [0.5, 0.6) is 0 Å². The second kappa shape index (κ2) is 33.6. The largest absolute Gasteiger partial charge is 0.497 e. The van der Waals surface area contributed by atoms with Crippen LogP contribution < -0.4 is 16.9 Å². The summed E-state index contributed by atoms with van der Waals surface area (Å²) in [5.41, 5.74) is 22.7. The van der Waals surface area contributed by atoms with Gasteiger partial charge in [0.05, 0.1) is 33.4 Å². The quantitative estimate of drug-likeness (QED) is 0.0747. The standard InChI is InChI=1S/C27H17N3.C23H22BNO2.C17H10BrN.C14H10BrN.C14H11N.C10H7BrN2/c1-2-7-21-18(5-1)9-11-22-23-8-4-14-29-27(23)25(15-24(21)22)26-12-10-20(17-30-26)19-6-3-13-28-16-19;1-22(2)23(3,4)27-24(26-22)20-14-19-16-9-6-5-8-15(16)11-12-17(19)18-10-7-13-25-21(18)20;18-16-10-15-12-5-2-1-4-11(12)7-8-13(15)14-6-3-9-19-17(14)16;15-13-8-12-10(7-14(13)16)6-5-9-3-1-2-4-11(9)12;15-12-7-8-14-11(9-12)6-5-10-3-1-2-4-13(10)14;11-10-4-3-9(7-13-10)8-2-1-5-12-6-8/h1-17H;5-14H,1-4H3;1-10H;1-8H,16H2;1-9H,15H2;1-7H. The molecule has 8 heterocycles. The Kier molecular flexibility index (Phi) is 21.9. The topological polar surface area (TPSA) is 161 Å². The van der Waals surface area contributed by atoms with E-state index in [9.17, 15) is 0 Å². The molecule has 1 aliphatic heterocycles. The van der Waals surface area contributed by atoms with Crippen LogP contribution in [0.1, 0.15) is 27.7 Å². The van der Waals surface area contributed by atoms with Crippen molar-refractivity contribution in [2.24, 2.45) is 0 Å². The number of hydrogen-bond donors (Lipinski definition) is 2. The Morgan fingerprint density at radius 2 is 0.658 bits per heavy atom. The van der Waals surface area contributed by atoms with E-state index in [1.807, 2.05) is 116 Å². The number of rotatable bonds is 4. The van der Waals surface area contributed by atoms with Gasteiger partial charge in [0, 0.05) is 126 Å². The van der Waals surface area contributed by atoms with Gasteiger partial charge in [0.1, 0.15) is 4.60 Å². The summed E-state index contributed by atoms with van der Waals surface area (Å²) in [6, 6.07) is 109. The third-order valence-electron chi connectivity index (χ3n) is 22.7. The number of halogens is 3. The minimum absolute atomic E-state index is 0.382. The first-order valence-electron chi connectivity index (χ1n) is 39.6. The van der Waals surface area contributed by atoms with Crippen molar-refractivity contribution in [1.82, 2.24) is 34.9 Å². The van der Waals surface area contributed by atoms with Gasteiger partial charge in [0.2, 0.25) is 0 Å². The summed E-state index contributed by atoms with van der Waals surface area (Å²) in [4.78, 5) is 31.1. The summed E-state index contributed by atoms with van der Waals surface area (Å²) in [7, 11) is -0.434. The molecule has 1 fully saturated rings. The molecule has 1 saturated heterocycles. The summed E-state index contributed by atoms with van der Waals surface area (Å²) in [6.07, 6.45) is 16.5. The van der Waals surface area contributed by atoms with Crippen LogP contribution in [0.15, 0.2) is 385 Å². The molecular formula is C105H77BBr3N9O2. The van der Waals surface area contributed by atoms with Gasteiger partial charge >= 0.3 is 7.12 Å². The molecule has 11 nitrogen and oxygen atoms in total. The van der Waals surface area contributed by atoms with Crippen molar-refractivity contribution >= 4 is 212 Å². The van der Waals surface area contributed by atoms with Crippen LogP contribution in [0.25, 0.3) is 174 Å². The molecule has 7 aromatic heterocycles. The second-order valence-corrected chi connectivity index (χ2v) is 33.1. The minimum Gasteiger partial charge on any atom is -0.399 e. The normalized spacial score (nSPS) is 12.7. The van der Waals surface area contributed by atoms with E-state index in [-0.39, 0.29) is 11.2 Å². The fourth-order valence-corrected chi connectivity index (χ4v) is 17.1. The molecule has 0 aliphatic carbocycles. The number of pyridine rings is 7. The van der Waals surface area contributed by atoms with Crippen molar-refractivity contribution in [3.8, 4) is 33.5 Å². The van der Waals surface area contributed by atoms with E-state index in [4.69, 9.17) is 35.7 Å². The molecule has 15 aromatic carbocycles. The zero-order valence-electron chi connectivity index (χ0n) is 66.0. The van der Waals surface area contributed by atoms with Gasteiger partial charge < -0.3 is 20.8 Å². The van der Waals surface area contributed by atoms with E-state index < -0.39 is 7.12 Å². The van der Waals surface area contributed by atoms with Gasteiger partial charge in [0.15, 0.2) is 0 Å². The Bertz CT molecular complexity index is 7620. The number of hydrogen-bond acceptors (Lipinski definition) is 11. The van der Waals surface area contributed by atoms with E-state index in [2.05, 4.69) is 338 Å². The third-order valence-corrected chi connectivity index (χ3v) is 24.5. The Morgan fingerprint density at radius 3 is 1.16 bits per heavy atom. The molecule has 22 aromatic rings. The van der Waals surface area contributed by atoms with Gasteiger partial charge in [0.25, 0.3) is 0 Å². The van der Waals surface area contributed by atoms with Gasteiger partial charge in [-0.2, -0.15) is 0 Å². The lowest BCUT2D eigenvalue weighted by Gasteiger charge is -2.32. The Labute approximate surface area is 719 Å². The molecule has 1 aliphatic rings. The summed E-state index contributed by atoms with van der Waals surface area (Å²) in [6.45, 7) is 8.33. The van der Waals surface area contributed by atoms with Gasteiger partial charge in [-0.15, -0.1) is 0 Å². The molecule has 23 rings (SSSR count). The van der Waals surface area contributed by atoms with E-state index in [1.54, 1.807) is 12.4 Å². The van der Waals surface area contributed by atoms with Crippen molar-refractivity contribution in [3.05, 3.63) is 385 Å². The number of aromatic nitrogens is 7. The summed E-state index contributed by atoms with van der Waals surface area (Å²) >= 11 is 10.4. The fraction of sp³-hybridized carbons (Fsp3) is 0.0571. The maximum Gasteiger partial charge on any atom is 0.497 e. The van der Waals surface area contributed by atoms with E-state index in [0.717, 1.165) is 91.2 Å². The molecule has 0 saturated carbocycles. The van der Waals surface area contributed by atoms with Crippen molar-refractivity contribution in [2.45, 2.75) is 38.9 Å². The van der Waals surface area contributed by atoms with Crippen LogP contribution in [0.2, 0.25) is 0 Å². The maximum atomic E-state index is 6.36. The molecule has 578 valence electrons. The SMILES string of the molecule is Brc1cc2c3ccccc3ccc2c2cccnc12.Brc1ccc(-c2cccnc2)cn1.CC1(C)OB(c2cc3c4ccccc4ccc3c3cccnc23)OC1(C)C.Nc1cc2ccc3ccccc3c2cc1Br.Nc1ccc2c(ccc3ccccc32)c1.c1cncc(-c2ccc(-c3cc4c5ccccc5ccc4c4cccnc34)nc2)c1. The van der Waals surface area contributed by atoms with Gasteiger partial charge in [-0.3, -0.25) is 29.9 Å². The lowest BCUT2D eigenvalue weighted by molar-refractivity contribution is 0.00578. The number of anilines is 2. The molecular weight excluding hydrogens is 1670 g/mol. The fourth-order valence-electron chi connectivity index (χ4n) is 16.0. The number of nitrogens with two attached hydrogens (primary N) is 2. The van der Waals surface area contributed by atoms with E-state index >= 15 is 0 Å². The lowest BCUT2D eigenvalue weighted by atomic mass is 9.76. The van der Waals surface area contributed by atoms with Crippen LogP contribution in [0.3, 0.4) is 0 Å². The molecule has 0 bridgehead atoms. The Balaban J connectivity index is 0.000000101. The van der Waals surface area contributed by atoms with Gasteiger partial charge in [-0.1, -0.05) is 237 Å². The Morgan fingerprint density at radius 1 is 0.275 bits per heavy atom. The first kappa shape index (κ1) is 78.0. The number of benzene rings is 15. The number of fused-ring (bicyclic) bond motifs is 21. The van der Waals surface area contributed by atoms with Gasteiger partial charge in [-0.25, -0.2) is 4.98 Å². The van der Waals surface area contributed by atoms with Crippen molar-refractivity contribution in [3.63, 3.8) is 0 Å². The molecule has 4 N–H and O–H groups in total. The second-order valence-electron chi connectivity index (χ2n) is 30.6. The highest BCUT2D eigenvalue weighted by Crippen LogP contribution is 2.42. The van der Waals surface area contributed by atoms with Crippen LogP contribution >= 0.6 is 47.8 Å². The lowest BCUT2D eigenvalue weighted by Crippen LogP contribution is -2.41. The summed E-state index contributed by atoms with van der Waals surface area (Å²) in [5, 5.41) is 28.3. The van der Waals surface area contributed by atoms with Crippen molar-refractivity contribution in [1.29, 1.82) is 0 Å². The molecule has 0 spiro atoms. The highest BCUT2D eigenvalue weighted by atomic mass is 79.9.